The maximum atomic E-state index is 5.08. The van der Waals surface area contributed by atoms with Crippen LogP contribution in [0.4, 0.5) is 5.95 Å². The molecule has 1 N–H and O–H groups in total. The van der Waals surface area contributed by atoms with E-state index in [9.17, 15) is 0 Å². The Morgan fingerprint density at radius 2 is 2.00 bits per heavy atom. The summed E-state index contributed by atoms with van der Waals surface area (Å²) in [5, 5.41) is 3.36. The van der Waals surface area contributed by atoms with Crippen molar-refractivity contribution in [2.75, 3.05) is 59.4 Å². The molecule has 0 saturated heterocycles. The first kappa shape index (κ1) is 16.9. The second-order valence-corrected chi connectivity index (χ2v) is 4.97. The Bertz CT molecular complexity index is 368. The third-order valence-electron chi connectivity index (χ3n) is 3.11. The van der Waals surface area contributed by atoms with Crippen LogP contribution in [0.5, 0.6) is 0 Å². The van der Waals surface area contributed by atoms with Crippen molar-refractivity contribution in [1.82, 2.24) is 14.5 Å². The summed E-state index contributed by atoms with van der Waals surface area (Å²) in [7, 11) is 5.56. The molecule has 1 rings (SSSR count). The van der Waals surface area contributed by atoms with Crippen molar-refractivity contribution in [1.29, 1.82) is 0 Å². The summed E-state index contributed by atoms with van der Waals surface area (Å²) in [6.07, 6.45) is 3.07. The molecule has 0 radical (unpaired) electrons. The van der Waals surface area contributed by atoms with E-state index in [1.165, 1.54) is 0 Å². The van der Waals surface area contributed by atoms with Crippen LogP contribution in [0.3, 0.4) is 0 Å². The number of hydrogen-bond donors (Lipinski definition) is 1. The van der Waals surface area contributed by atoms with Crippen LogP contribution in [0.1, 0.15) is 12.1 Å². The Morgan fingerprint density at radius 1 is 1.25 bits per heavy atom. The van der Waals surface area contributed by atoms with Gasteiger partial charge in [0.15, 0.2) is 0 Å². The Morgan fingerprint density at radius 3 is 2.70 bits per heavy atom. The minimum absolute atomic E-state index is 0.765. The smallest absolute Gasteiger partial charge is 0.203 e. The van der Waals surface area contributed by atoms with E-state index < -0.39 is 0 Å². The van der Waals surface area contributed by atoms with E-state index >= 15 is 0 Å². The predicted octanol–water partition coefficient (Wildman–Crippen LogP) is 1.22. The molecule has 0 aromatic carbocycles. The van der Waals surface area contributed by atoms with Gasteiger partial charge in [-0.1, -0.05) is 0 Å². The highest BCUT2D eigenvalue weighted by Gasteiger charge is 2.06. The number of imidazole rings is 1. The lowest BCUT2D eigenvalue weighted by Gasteiger charge is -2.17. The largest absolute Gasteiger partial charge is 0.385 e. The molecule has 6 nitrogen and oxygen atoms in total. The number of hydrogen-bond acceptors (Lipinski definition) is 5. The van der Waals surface area contributed by atoms with Gasteiger partial charge >= 0.3 is 0 Å². The van der Waals surface area contributed by atoms with Crippen LogP contribution in [0, 0.1) is 6.92 Å². The predicted molar refractivity (Wildman–Crippen MR) is 81.3 cm³/mol. The summed E-state index contributed by atoms with van der Waals surface area (Å²) in [5.74, 6) is 0.943. The average Bonchev–Trinajstić information content (AvgIpc) is 2.79. The molecule has 1 aromatic rings. The molecule has 1 heterocycles. The Balaban J connectivity index is 2.40. The Hall–Kier alpha value is -1.11. The molecule has 6 heteroatoms. The van der Waals surface area contributed by atoms with E-state index in [4.69, 9.17) is 9.47 Å². The summed E-state index contributed by atoms with van der Waals surface area (Å²) in [4.78, 5) is 6.77. The molecule has 0 saturated carbocycles. The highest BCUT2D eigenvalue weighted by molar-refractivity contribution is 5.28. The zero-order valence-corrected chi connectivity index (χ0v) is 13.2. The van der Waals surface area contributed by atoms with Gasteiger partial charge in [0.05, 0.1) is 12.3 Å². The molecule has 20 heavy (non-hydrogen) atoms. The van der Waals surface area contributed by atoms with E-state index in [2.05, 4.69) is 33.0 Å². The van der Waals surface area contributed by atoms with Crippen LogP contribution < -0.4 is 5.32 Å². The molecule has 0 spiro atoms. The third kappa shape index (κ3) is 6.36. The molecule has 116 valence electrons. The number of aromatic nitrogens is 2. The molecule has 0 amide bonds. The van der Waals surface area contributed by atoms with E-state index in [1.54, 1.807) is 14.2 Å². The highest BCUT2D eigenvalue weighted by Crippen LogP contribution is 2.08. The van der Waals surface area contributed by atoms with Gasteiger partial charge in [-0.3, -0.25) is 0 Å². The minimum atomic E-state index is 0.765. The van der Waals surface area contributed by atoms with E-state index in [0.717, 1.165) is 57.5 Å². The lowest BCUT2D eigenvalue weighted by molar-refractivity contribution is 0.159. The van der Waals surface area contributed by atoms with Crippen molar-refractivity contribution in [2.45, 2.75) is 19.9 Å². The van der Waals surface area contributed by atoms with Gasteiger partial charge in [0.2, 0.25) is 5.95 Å². The summed E-state index contributed by atoms with van der Waals surface area (Å²) in [6.45, 7) is 7.28. The van der Waals surface area contributed by atoms with Crippen LogP contribution in [-0.4, -0.2) is 68.6 Å². The van der Waals surface area contributed by atoms with Crippen molar-refractivity contribution >= 4 is 5.95 Å². The Kier molecular flexibility index (Phi) is 8.25. The number of anilines is 1. The van der Waals surface area contributed by atoms with E-state index in [-0.39, 0.29) is 0 Å². The van der Waals surface area contributed by atoms with Gasteiger partial charge in [0.1, 0.15) is 0 Å². The average molecular weight is 284 g/mol. The second-order valence-electron chi connectivity index (χ2n) is 4.97. The Labute approximate surface area is 122 Å². The number of rotatable bonds is 11. The molecule has 0 atom stereocenters. The number of ether oxygens (including phenoxy) is 2. The minimum Gasteiger partial charge on any atom is -0.385 e. The van der Waals surface area contributed by atoms with E-state index in [0.29, 0.717) is 0 Å². The van der Waals surface area contributed by atoms with E-state index in [1.807, 2.05) is 6.92 Å². The zero-order chi connectivity index (χ0) is 14.8. The molecule has 0 aliphatic carbocycles. The molecular weight excluding hydrogens is 256 g/mol. The first-order valence-electron chi connectivity index (χ1n) is 7.11. The number of methoxy groups -OCH3 is 2. The summed E-state index contributed by atoms with van der Waals surface area (Å²) >= 11 is 0. The van der Waals surface area contributed by atoms with Gasteiger partial charge in [-0.25, -0.2) is 4.98 Å². The van der Waals surface area contributed by atoms with Crippen molar-refractivity contribution < 1.29 is 9.47 Å². The molecule has 0 unspecified atom stereocenters. The first-order chi connectivity index (χ1) is 9.67. The quantitative estimate of drug-likeness (QED) is 0.619. The number of aryl methyl sites for hydroxylation is 1. The standard InChI is InChI=1S/C14H28N4O2/c1-13-12-18(8-7-17(2)9-11-20-4)14(16-13)15-6-5-10-19-3/h12H,5-11H2,1-4H3,(H,15,16). The maximum Gasteiger partial charge on any atom is 0.203 e. The number of nitrogens with one attached hydrogen (secondary N) is 1. The SMILES string of the molecule is COCCCNc1nc(C)cn1CCN(C)CCOC. The van der Waals surface area contributed by atoms with Gasteiger partial charge in [0, 0.05) is 53.2 Å². The second kappa shape index (κ2) is 9.74. The fraction of sp³-hybridized carbons (Fsp3) is 0.786. The highest BCUT2D eigenvalue weighted by atomic mass is 16.5. The monoisotopic (exact) mass is 284 g/mol. The normalized spacial score (nSPS) is 11.2. The van der Waals surface area contributed by atoms with Gasteiger partial charge in [0.25, 0.3) is 0 Å². The lowest BCUT2D eigenvalue weighted by atomic mass is 10.4. The topological polar surface area (TPSA) is 51.5 Å². The van der Waals surface area contributed by atoms with Crippen molar-refractivity contribution in [3.63, 3.8) is 0 Å². The molecule has 0 bridgehead atoms. The lowest BCUT2D eigenvalue weighted by Crippen LogP contribution is -2.27. The van der Waals surface area contributed by atoms with Crippen LogP contribution in [0.15, 0.2) is 6.20 Å². The zero-order valence-electron chi connectivity index (χ0n) is 13.2. The van der Waals surface area contributed by atoms with Crippen LogP contribution in [0.25, 0.3) is 0 Å². The summed E-state index contributed by atoms with van der Waals surface area (Å²) in [5.41, 5.74) is 1.04. The maximum absolute atomic E-state index is 5.08. The fourth-order valence-corrected chi connectivity index (χ4v) is 1.91. The fourth-order valence-electron chi connectivity index (χ4n) is 1.91. The summed E-state index contributed by atoms with van der Waals surface area (Å²) < 4.78 is 12.3. The van der Waals surface area contributed by atoms with Gasteiger partial charge in [-0.2, -0.15) is 0 Å². The van der Waals surface area contributed by atoms with Gasteiger partial charge in [-0.15, -0.1) is 0 Å². The van der Waals surface area contributed by atoms with Crippen LogP contribution in [0.2, 0.25) is 0 Å². The van der Waals surface area contributed by atoms with Crippen molar-refractivity contribution in [3.8, 4) is 0 Å². The molecule has 1 aromatic heterocycles. The van der Waals surface area contributed by atoms with Gasteiger partial charge < -0.3 is 24.3 Å². The van der Waals surface area contributed by atoms with Gasteiger partial charge in [-0.05, 0) is 20.4 Å². The number of likely N-dealkylation sites (N-methyl/N-ethyl adjacent to an activating group) is 1. The molecular formula is C14H28N4O2. The molecule has 0 fully saturated rings. The van der Waals surface area contributed by atoms with Crippen LogP contribution in [-0.2, 0) is 16.0 Å². The first-order valence-corrected chi connectivity index (χ1v) is 7.11. The number of nitrogens with zero attached hydrogens (tertiary/aromatic N) is 3. The molecule has 0 aliphatic heterocycles. The van der Waals surface area contributed by atoms with Crippen molar-refractivity contribution in [2.24, 2.45) is 0 Å². The van der Waals surface area contributed by atoms with Crippen molar-refractivity contribution in [3.05, 3.63) is 11.9 Å². The molecule has 0 aliphatic rings. The third-order valence-corrected chi connectivity index (χ3v) is 3.11. The summed E-state index contributed by atoms with van der Waals surface area (Å²) in [6, 6.07) is 0. The van der Waals surface area contributed by atoms with Crippen LogP contribution >= 0.6 is 0 Å².